The smallest absolute Gasteiger partial charge is 0.475 e. The summed E-state index contributed by atoms with van der Waals surface area (Å²) in [4.78, 5) is 31.8. The molecular formula is C25H22F6N8O4. The van der Waals surface area contributed by atoms with Crippen LogP contribution in [-0.4, -0.2) is 71.4 Å². The van der Waals surface area contributed by atoms with Gasteiger partial charge in [-0.15, -0.1) is 13.2 Å². The standard InChI is InChI=1S/C23H21F3N8O2.C2HF3O2/c1-32-16-9-27-18(5-14(16)22(21(32)36)6-12(7-22)11-35)29-17-4-3-15-20(30-17)19(31-33(15)2)13-8-28-34(10-13)23(24,25)26;3-2(4,5)1(6)7/h3-5,8-10,12,35H,6-7,11H2,1-2H3,(H,27,29,30);(H,6,7)/i1D3;. The fraction of sp³-hybridized carbons (Fsp3) is 0.360. The molecule has 228 valence electrons. The highest BCUT2D eigenvalue weighted by molar-refractivity contribution is 6.08. The summed E-state index contributed by atoms with van der Waals surface area (Å²) < 4.78 is 95.9. The van der Waals surface area contributed by atoms with Crippen LogP contribution in [0.1, 0.15) is 22.5 Å². The molecule has 2 aliphatic rings. The molecule has 1 spiro atoms. The van der Waals surface area contributed by atoms with Crippen molar-refractivity contribution in [2.24, 2.45) is 13.0 Å². The molecule has 0 radical (unpaired) electrons. The van der Waals surface area contributed by atoms with Crippen LogP contribution in [0.5, 0.6) is 0 Å². The third-order valence-electron chi connectivity index (χ3n) is 7.10. The quantitative estimate of drug-likeness (QED) is 0.292. The maximum Gasteiger partial charge on any atom is 0.504 e. The van der Waals surface area contributed by atoms with Gasteiger partial charge in [0, 0.05) is 36.5 Å². The normalized spacial score (nSPS) is 21.0. The summed E-state index contributed by atoms with van der Waals surface area (Å²) in [6.07, 6.45) is -5.90. The minimum Gasteiger partial charge on any atom is -0.475 e. The highest BCUT2D eigenvalue weighted by Gasteiger charge is 2.57. The van der Waals surface area contributed by atoms with Crippen molar-refractivity contribution in [2.75, 3.05) is 23.8 Å². The van der Waals surface area contributed by atoms with Gasteiger partial charge in [-0.05, 0) is 42.5 Å². The lowest BCUT2D eigenvalue weighted by atomic mass is 9.59. The predicted octanol–water partition coefficient (Wildman–Crippen LogP) is 3.70. The van der Waals surface area contributed by atoms with Crippen molar-refractivity contribution in [3.8, 4) is 11.3 Å². The maximum atomic E-state index is 13.3. The minimum atomic E-state index is -5.08. The number of hydrogen-bond donors (Lipinski definition) is 3. The number of anilines is 3. The van der Waals surface area contributed by atoms with Crippen LogP contribution < -0.4 is 10.2 Å². The number of carbonyl (C=O) groups excluding carboxylic acids is 1. The van der Waals surface area contributed by atoms with E-state index in [1.165, 1.54) is 10.9 Å². The molecule has 0 atom stereocenters. The first-order valence-electron chi connectivity index (χ1n) is 13.8. The lowest BCUT2D eigenvalue weighted by molar-refractivity contribution is -0.212. The highest BCUT2D eigenvalue weighted by atomic mass is 19.4. The van der Waals surface area contributed by atoms with Crippen LogP contribution in [0.3, 0.4) is 0 Å². The molecule has 6 rings (SSSR count). The number of carbonyl (C=O) groups is 2. The van der Waals surface area contributed by atoms with E-state index >= 15 is 0 Å². The number of likely N-dealkylation sites (N-methyl/N-ethyl adjacent to an activating group) is 1. The van der Waals surface area contributed by atoms with E-state index < -0.39 is 36.7 Å². The Kier molecular flexibility index (Phi) is 6.16. The van der Waals surface area contributed by atoms with E-state index in [0.717, 1.165) is 17.3 Å². The van der Waals surface area contributed by atoms with Crippen molar-refractivity contribution in [1.29, 1.82) is 0 Å². The zero-order valence-corrected chi connectivity index (χ0v) is 21.8. The third kappa shape index (κ3) is 5.21. The number of carboxylic acids is 1. The van der Waals surface area contributed by atoms with Crippen LogP contribution in [0.15, 0.2) is 36.8 Å². The molecule has 0 bridgehead atoms. The average molecular weight is 616 g/mol. The Morgan fingerprint density at radius 3 is 2.47 bits per heavy atom. The summed E-state index contributed by atoms with van der Waals surface area (Å²) in [5.41, 5.74) is 0.885. The van der Waals surface area contributed by atoms with E-state index in [2.05, 4.69) is 25.5 Å². The summed E-state index contributed by atoms with van der Waals surface area (Å²) in [6.45, 7) is -2.80. The molecular weight excluding hydrogens is 590 g/mol. The molecule has 1 saturated carbocycles. The molecule has 5 heterocycles. The monoisotopic (exact) mass is 615 g/mol. The van der Waals surface area contributed by atoms with Crippen LogP contribution in [-0.2, 0) is 28.4 Å². The largest absolute Gasteiger partial charge is 0.504 e. The molecule has 18 heteroatoms. The first-order valence-corrected chi connectivity index (χ1v) is 12.3. The number of nitrogens with zero attached hydrogens (tertiary/aromatic N) is 7. The van der Waals surface area contributed by atoms with Gasteiger partial charge in [0.15, 0.2) is 0 Å². The molecule has 43 heavy (non-hydrogen) atoms. The van der Waals surface area contributed by atoms with Crippen molar-refractivity contribution in [3.63, 3.8) is 0 Å². The lowest BCUT2D eigenvalue weighted by Gasteiger charge is -2.43. The number of carboxylic acid groups (broad SMARTS) is 1. The fourth-order valence-electron chi connectivity index (χ4n) is 5.08. The van der Waals surface area contributed by atoms with Gasteiger partial charge in [-0.2, -0.15) is 28.1 Å². The molecule has 4 aromatic heterocycles. The number of alkyl halides is 6. The third-order valence-corrected chi connectivity index (χ3v) is 7.10. The number of amides is 1. The van der Waals surface area contributed by atoms with E-state index in [1.807, 2.05) is 0 Å². The van der Waals surface area contributed by atoms with Crippen LogP contribution in [0.25, 0.3) is 22.3 Å². The molecule has 1 amide bonds. The van der Waals surface area contributed by atoms with Crippen molar-refractivity contribution in [1.82, 2.24) is 29.5 Å². The molecule has 0 aromatic carbocycles. The number of halogens is 6. The van der Waals surface area contributed by atoms with Gasteiger partial charge >= 0.3 is 18.4 Å². The van der Waals surface area contributed by atoms with Crippen molar-refractivity contribution in [3.05, 3.63) is 42.4 Å². The topological polar surface area (TPSA) is 151 Å². The Labute approximate surface area is 241 Å². The van der Waals surface area contributed by atoms with Crippen molar-refractivity contribution < 1.29 is 50.3 Å². The summed E-state index contributed by atoms with van der Waals surface area (Å²) in [5.74, 6) is -2.81. The molecule has 0 saturated heterocycles. The van der Waals surface area contributed by atoms with Crippen LogP contribution >= 0.6 is 0 Å². The Bertz CT molecular complexity index is 1830. The maximum absolute atomic E-state index is 13.3. The van der Waals surface area contributed by atoms with Gasteiger partial charge in [0.2, 0.25) is 5.91 Å². The van der Waals surface area contributed by atoms with Gasteiger partial charge in [-0.25, -0.2) is 14.8 Å². The van der Waals surface area contributed by atoms with Gasteiger partial charge in [0.1, 0.15) is 22.8 Å². The van der Waals surface area contributed by atoms with Gasteiger partial charge in [-0.3, -0.25) is 9.48 Å². The number of nitrogens with one attached hydrogen (secondary N) is 1. The second-order valence-electron chi connectivity index (χ2n) is 9.87. The van der Waals surface area contributed by atoms with Crippen molar-refractivity contribution in [2.45, 2.75) is 30.7 Å². The van der Waals surface area contributed by atoms with E-state index in [1.54, 1.807) is 25.2 Å². The average Bonchev–Trinajstić information content (AvgIpc) is 3.60. The molecule has 12 nitrogen and oxygen atoms in total. The highest BCUT2D eigenvalue weighted by Crippen LogP contribution is 2.55. The number of hydrogen-bond acceptors (Lipinski definition) is 8. The second kappa shape index (κ2) is 10.2. The Hall–Kier alpha value is -4.74. The predicted molar refractivity (Wildman–Crippen MR) is 137 cm³/mol. The van der Waals surface area contributed by atoms with E-state index in [9.17, 15) is 36.2 Å². The number of fused-ring (bicyclic) bond motifs is 3. The molecule has 0 unspecified atom stereocenters. The number of rotatable bonds is 4. The number of aromatic nitrogens is 6. The van der Waals surface area contributed by atoms with Crippen LogP contribution in [0, 0.1) is 5.92 Å². The zero-order chi connectivity index (χ0) is 34.0. The van der Waals surface area contributed by atoms with Gasteiger partial charge in [0.05, 0.1) is 29.0 Å². The minimum absolute atomic E-state index is 0.104. The van der Waals surface area contributed by atoms with E-state index in [-0.39, 0.29) is 34.2 Å². The Morgan fingerprint density at radius 2 is 1.88 bits per heavy atom. The summed E-state index contributed by atoms with van der Waals surface area (Å²) >= 11 is 0. The first kappa shape index (κ1) is 25.9. The Morgan fingerprint density at radius 1 is 1.19 bits per heavy atom. The molecule has 1 aliphatic heterocycles. The molecule has 1 fully saturated rings. The lowest BCUT2D eigenvalue weighted by Crippen LogP contribution is -2.49. The number of aliphatic hydroxyl groups excluding tert-OH is 1. The van der Waals surface area contributed by atoms with Crippen LogP contribution in [0.4, 0.5) is 43.7 Å². The van der Waals surface area contributed by atoms with Gasteiger partial charge in [-0.1, -0.05) is 0 Å². The fourth-order valence-corrected chi connectivity index (χ4v) is 5.08. The first-order chi connectivity index (χ1) is 21.3. The van der Waals surface area contributed by atoms with E-state index in [4.69, 9.17) is 14.0 Å². The van der Waals surface area contributed by atoms with Crippen LogP contribution in [0.2, 0.25) is 0 Å². The number of pyridine rings is 2. The second-order valence-corrected chi connectivity index (χ2v) is 9.87. The van der Waals surface area contributed by atoms with Gasteiger partial charge in [0.25, 0.3) is 0 Å². The van der Waals surface area contributed by atoms with E-state index in [0.29, 0.717) is 41.1 Å². The summed E-state index contributed by atoms with van der Waals surface area (Å²) in [5, 5.41) is 27.4. The van der Waals surface area contributed by atoms with Gasteiger partial charge < -0.3 is 20.4 Å². The number of aliphatic hydroxyl groups is 1. The SMILES string of the molecule is O=C(O)C(F)(F)F.[2H]C([2H])([2H])N1C(=O)C2(CC(CO)C2)c2cc(Nc3ccc4c(n3)c(-c3cnn(C(F)(F)F)c3)nn4C)ncc21. The summed E-state index contributed by atoms with van der Waals surface area (Å²) in [6, 6.07) is 4.94. The number of aryl methyl sites for hydroxylation is 1. The number of aliphatic carboxylic acids is 1. The molecule has 4 aromatic rings. The molecule has 3 N–H and O–H groups in total. The Balaban J connectivity index is 0.000000537. The zero-order valence-electron chi connectivity index (χ0n) is 24.8. The summed E-state index contributed by atoms with van der Waals surface area (Å²) in [7, 11) is 1.64. The molecule has 1 aliphatic carbocycles. The van der Waals surface area contributed by atoms with Crippen molar-refractivity contribution >= 4 is 40.2 Å².